The number of pyridine rings is 1. The summed E-state index contributed by atoms with van der Waals surface area (Å²) in [6, 6.07) is 13.4. The number of piperidine rings is 1. The summed E-state index contributed by atoms with van der Waals surface area (Å²) in [7, 11) is 4.21. The maximum absolute atomic E-state index is 4.98. The van der Waals surface area contributed by atoms with Crippen LogP contribution in [0.3, 0.4) is 0 Å². The molecule has 4 aromatic rings. The fourth-order valence-corrected chi connectivity index (χ4v) is 4.61. The zero-order chi connectivity index (χ0) is 21.8. The first-order valence-corrected chi connectivity index (χ1v) is 11.4. The van der Waals surface area contributed by atoms with Crippen molar-refractivity contribution in [2.75, 3.05) is 27.2 Å². The van der Waals surface area contributed by atoms with E-state index in [1.54, 1.807) is 0 Å². The Morgan fingerprint density at radius 1 is 1.06 bits per heavy atom. The molecule has 3 aromatic heterocycles. The Morgan fingerprint density at radius 3 is 2.52 bits per heavy atom. The van der Waals surface area contributed by atoms with Crippen LogP contribution in [-0.4, -0.2) is 56.5 Å². The molecule has 0 spiro atoms. The number of fused-ring (bicyclic) bond motifs is 3. The Hall–Kier alpha value is -2.70. The summed E-state index contributed by atoms with van der Waals surface area (Å²) in [6.07, 6.45) is 6.18. The molecule has 0 atom stereocenters. The first-order valence-electron chi connectivity index (χ1n) is 11.4. The molecule has 6 nitrogen and oxygen atoms in total. The van der Waals surface area contributed by atoms with Gasteiger partial charge in [-0.2, -0.15) is 0 Å². The van der Waals surface area contributed by atoms with Crippen LogP contribution in [0.1, 0.15) is 44.1 Å². The molecule has 1 N–H and O–H groups in total. The van der Waals surface area contributed by atoms with E-state index in [1.165, 1.54) is 16.5 Å². The quantitative estimate of drug-likeness (QED) is 0.504. The molecular weight excluding hydrogens is 384 g/mol. The molecule has 5 rings (SSSR count). The zero-order valence-corrected chi connectivity index (χ0v) is 19.2. The highest BCUT2D eigenvalue weighted by molar-refractivity contribution is 6.01. The SMILES string of the molecule is CC.CN(C)Cc1nc2cnc3[nH]ccc3c2n1C1CCN(Cc2ccccc2)CC1. The van der Waals surface area contributed by atoms with Gasteiger partial charge in [-0.3, -0.25) is 4.90 Å². The minimum atomic E-state index is 0.475. The predicted octanol–water partition coefficient (Wildman–Crippen LogP) is 4.84. The molecule has 0 amide bonds. The minimum Gasteiger partial charge on any atom is -0.346 e. The predicted molar refractivity (Wildman–Crippen MR) is 128 cm³/mol. The maximum Gasteiger partial charge on any atom is 0.139 e. The zero-order valence-electron chi connectivity index (χ0n) is 19.2. The third kappa shape index (κ3) is 4.50. The Kier molecular flexibility index (Phi) is 6.68. The molecule has 0 unspecified atom stereocenters. The lowest BCUT2D eigenvalue weighted by molar-refractivity contribution is 0.178. The van der Waals surface area contributed by atoms with Gasteiger partial charge in [-0.25, -0.2) is 9.97 Å². The van der Waals surface area contributed by atoms with E-state index in [0.29, 0.717) is 6.04 Å². The molecule has 1 aliphatic rings. The summed E-state index contributed by atoms with van der Waals surface area (Å²) in [5.41, 5.74) is 4.57. The van der Waals surface area contributed by atoms with Gasteiger partial charge in [-0.1, -0.05) is 44.2 Å². The first-order chi connectivity index (χ1) is 15.2. The van der Waals surface area contributed by atoms with Gasteiger partial charge in [0.15, 0.2) is 0 Å². The van der Waals surface area contributed by atoms with Crippen LogP contribution < -0.4 is 0 Å². The van der Waals surface area contributed by atoms with Gasteiger partial charge in [-0.05, 0) is 38.6 Å². The highest BCUT2D eigenvalue weighted by Crippen LogP contribution is 2.32. The number of hydrogen-bond acceptors (Lipinski definition) is 4. The highest BCUT2D eigenvalue weighted by Gasteiger charge is 2.26. The van der Waals surface area contributed by atoms with Crippen molar-refractivity contribution in [1.82, 2.24) is 29.3 Å². The van der Waals surface area contributed by atoms with Gasteiger partial charge in [0.1, 0.15) is 17.0 Å². The molecule has 1 fully saturated rings. The third-order valence-electron chi connectivity index (χ3n) is 5.94. The summed E-state index contributed by atoms with van der Waals surface area (Å²) in [4.78, 5) is 17.6. The Labute approximate surface area is 184 Å². The van der Waals surface area contributed by atoms with E-state index in [0.717, 1.165) is 56.0 Å². The lowest BCUT2D eigenvalue weighted by Crippen LogP contribution is -2.35. The summed E-state index contributed by atoms with van der Waals surface area (Å²) in [5.74, 6) is 1.14. The number of H-pyrrole nitrogens is 1. The van der Waals surface area contributed by atoms with Gasteiger partial charge in [0, 0.05) is 37.3 Å². The van der Waals surface area contributed by atoms with Crippen molar-refractivity contribution in [1.29, 1.82) is 0 Å². The molecule has 31 heavy (non-hydrogen) atoms. The van der Waals surface area contributed by atoms with Crippen LogP contribution in [-0.2, 0) is 13.1 Å². The average Bonchev–Trinajstić information content (AvgIpc) is 3.40. The molecule has 1 aliphatic heterocycles. The van der Waals surface area contributed by atoms with E-state index in [1.807, 2.05) is 26.2 Å². The van der Waals surface area contributed by atoms with Gasteiger partial charge in [0.2, 0.25) is 0 Å². The number of rotatable bonds is 5. The molecule has 1 aromatic carbocycles. The van der Waals surface area contributed by atoms with Crippen LogP contribution in [0, 0.1) is 0 Å². The molecule has 6 heteroatoms. The lowest BCUT2D eigenvalue weighted by Gasteiger charge is -2.34. The maximum atomic E-state index is 4.98. The number of benzene rings is 1. The summed E-state index contributed by atoms with van der Waals surface area (Å²) in [6.45, 7) is 8.10. The fraction of sp³-hybridized carbons (Fsp3) is 0.440. The van der Waals surface area contributed by atoms with Crippen LogP contribution in [0.15, 0.2) is 48.8 Å². The second-order valence-corrected chi connectivity index (χ2v) is 8.36. The van der Waals surface area contributed by atoms with Crippen LogP contribution in [0.2, 0.25) is 0 Å². The fourth-order valence-electron chi connectivity index (χ4n) is 4.61. The Bertz CT molecular complexity index is 1100. The molecule has 4 heterocycles. The second-order valence-electron chi connectivity index (χ2n) is 8.36. The largest absolute Gasteiger partial charge is 0.346 e. The van der Waals surface area contributed by atoms with Gasteiger partial charge in [0.05, 0.1) is 18.3 Å². The molecule has 0 radical (unpaired) electrons. The van der Waals surface area contributed by atoms with Crippen LogP contribution >= 0.6 is 0 Å². The van der Waals surface area contributed by atoms with Crippen molar-refractivity contribution in [3.05, 3.63) is 60.2 Å². The molecular formula is C25H34N6. The third-order valence-corrected chi connectivity index (χ3v) is 5.94. The number of aromatic nitrogens is 4. The van der Waals surface area contributed by atoms with Crippen LogP contribution in [0.4, 0.5) is 0 Å². The van der Waals surface area contributed by atoms with Crippen LogP contribution in [0.5, 0.6) is 0 Å². The number of nitrogens with zero attached hydrogens (tertiary/aromatic N) is 5. The number of nitrogens with one attached hydrogen (secondary N) is 1. The monoisotopic (exact) mass is 418 g/mol. The smallest absolute Gasteiger partial charge is 0.139 e. The van der Waals surface area contributed by atoms with Crippen molar-refractivity contribution < 1.29 is 0 Å². The van der Waals surface area contributed by atoms with E-state index < -0.39 is 0 Å². The summed E-state index contributed by atoms with van der Waals surface area (Å²) in [5, 5.41) is 1.17. The van der Waals surface area contributed by atoms with E-state index in [4.69, 9.17) is 4.98 Å². The number of imidazole rings is 1. The lowest BCUT2D eigenvalue weighted by atomic mass is 10.0. The highest BCUT2D eigenvalue weighted by atomic mass is 15.2. The second kappa shape index (κ2) is 9.62. The van der Waals surface area contributed by atoms with Gasteiger partial charge in [-0.15, -0.1) is 0 Å². The summed E-state index contributed by atoms with van der Waals surface area (Å²) >= 11 is 0. The summed E-state index contributed by atoms with van der Waals surface area (Å²) < 4.78 is 2.51. The van der Waals surface area contributed by atoms with E-state index in [2.05, 4.69) is 74.8 Å². The standard InChI is InChI=1S/C23H28N6.C2H6/c1-27(2)16-21-26-20-14-25-23-19(8-11-24-23)22(20)29(21)18-9-12-28(13-10-18)15-17-6-4-3-5-7-17;1-2/h3-8,11,14,18H,9-10,12-13,15-16H2,1-2H3,(H,24,25);1-2H3. The van der Waals surface area contributed by atoms with Gasteiger partial charge >= 0.3 is 0 Å². The van der Waals surface area contributed by atoms with Gasteiger partial charge in [0.25, 0.3) is 0 Å². The minimum absolute atomic E-state index is 0.475. The molecule has 164 valence electrons. The van der Waals surface area contributed by atoms with E-state index in [9.17, 15) is 0 Å². The number of aromatic amines is 1. The average molecular weight is 419 g/mol. The Morgan fingerprint density at radius 2 is 1.81 bits per heavy atom. The molecule has 0 bridgehead atoms. The molecule has 0 saturated carbocycles. The number of hydrogen-bond donors (Lipinski definition) is 1. The Balaban J connectivity index is 0.00000112. The molecule has 1 saturated heterocycles. The van der Waals surface area contributed by atoms with Crippen molar-refractivity contribution in [2.45, 2.75) is 45.8 Å². The van der Waals surface area contributed by atoms with Crippen molar-refractivity contribution in [3.63, 3.8) is 0 Å². The number of likely N-dealkylation sites (tertiary alicyclic amines) is 1. The van der Waals surface area contributed by atoms with E-state index in [-0.39, 0.29) is 0 Å². The first kappa shape index (κ1) is 21.5. The molecule has 0 aliphatic carbocycles. The van der Waals surface area contributed by atoms with Crippen molar-refractivity contribution >= 4 is 22.1 Å². The normalized spacial score (nSPS) is 15.5. The van der Waals surface area contributed by atoms with Gasteiger partial charge < -0.3 is 14.5 Å². The van der Waals surface area contributed by atoms with Crippen LogP contribution in [0.25, 0.3) is 22.1 Å². The van der Waals surface area contributed by atoms with Crippen molar-refractivity contribution in [3.8, 4) is 0 Å². The topological polar surface area (TPSA) is 53.0 Å². The van der Waals surface area contributed by atoms with Crippen molar-refractivity contribution in [2.24, 2.45) is 0 Å². The van der Waals surface area contributed by atoms with E-state index >= 15 is 0 Å².